The van der Waals surface area contributed by atoms with Gasteiger partial charge >= 0.3 is 0 Å². The number of aryl methyl sites for hydroxylation is 1. The fourth-order valence-electron chi connectivity index (χ4n) is 2.26. The number of nitrogens with one attached hydrogen (secondary N) is 1. The molecule has 2 aromatic rings. The van der Waals surface area contributed by atoms with E-state index in [1.165, 1.54) is 5.56 Å². The molecular weight excluding hydrogens is 262 g/mol. The lowest BCUT2D eigenvalue weighted by Gasteiger charge is -2.20. The molecule has 2 rings (SSSR count). The summed E-state index contributed by atoms with van der Waals surface area (Å²) in [7, 11) is 1.92. The highest BCUT2D eigenvalue weighted by molar-refractivity contribution is 5.38. The van der Waals surface area contributed by atoms with E-state index in [9.17, 15) is 0 Å². The van der Waals surface area contributed by atoms with Crippen LogP contribution in [0.2, 0.25) is 0 Å². The van der Waals surface area contributed by atoms with E-state index in [4.69, 9.17) is 9.15 Å². The molecule has 0 unspecified atom stereocenters. The van der Waals surface area contributed by atoms with Crippen LogP contribution in [0, 0.1) is 6.92 Å². The van der Waals surface area contributed by atoms with Gasteiger partial charge in [-0.2, -0.15) is 0 Å². The Morgan fingerprint density at radius 3 is 2.57 bits per heavy atom. The van der Waals surface area contributed by atoms with Gasteiger partial charge < -0.3 is 14.5 Å². The summed E-state index contributed by atoms with van der Waals surface area (Å²) in [6.07, 6.45) is 1.71. The average molecular weight is 287 g/mol. The van der Waals surface area contributed by atoms with Crippen LogP contribution in [0.15, 0.2) is 34.9 Å². The fraction of sp³-hybridized carbons (Fsp3) is 0.444. The number of hydrogen-bond donors (Lipinski definition) is 1. The molecule has 0 saturated carbocycles. The molecule has 3 heteroatoms. The molecule has 114 valence electrons. The van der Waals surface area contributed by atoms with Crippen molar-refractivity contribution in [2.45, 2.75) is 46.3 Å². The van der Waals surface area contributed by atoms with Gasteiger partial charge in [0.15, 0.2) is 0 Å². The molecule has 0 bridgehead atoms. The van der Waals surface area contributed by atoms with Crippen molar-refractivity contribution in [2.75, 3.05) is 7.05 Å². The third-order valence-electron chi connectivity index (χ3n) is 3.60. The zero-order valence-corrected chi connectivity index (χ0v) is 13.6. The van der Waals surface area contributed by atoms with Crippen LogP contribution < -0.4 is 10.1 Å². The lowest BCUT2D eigenvalue weighted by atomic mass is 9.86. The fourth-order valence-corrected chi connectivity index (χ4v) is 2.26. The molecule has 0 spiro atoms. The van der Waals surface area contributed by atoms with Crippen molar-refractivity contribution >= 4 is 0 Å². The van der Waals surface area contributed by atoms with Crippen molar-refractivity contribution in [1.29, 1.82) is 0 Å². The molecule has 0 radical (unpaired) electrons. The molecular formula is C18H25NO2. The molecule has 0 amide bonds. The summed E-state index contributed by atoms with van der Waals surface area (Å²) in [6.45, 7) is 9.98. The zero-order chi connectivity index (χ0) is 15.5. The van der Waals surface area contributed by atoms with E-state index in [-0.39, 0.29) is 5.41 Å². The van der Waals surface area contributed by atoms with Gasteiger partial charge in [0, 0.05) is 12.1 Å². The van der Waals surface area contributed by atoms with E-state index < -0.39 is 0 Å². The molecule has 1 heterocycles. The molecule has 0 aliphatic heterocycles. The summed E-state index contributed by atoms with van der Waals surface area (Å²) in [4.78, 5) is 0. The maximum absolute atomic E-state index is 5.91. The third kappa shape index (κ3) is 3.88. The normalized spacial score (nSPS) is 11.7. The van der Waals surface area contributed by atoms with E-state index in [2.05, 4.69) is 51.2 Å². The first kappa shape index (κ1) is 15.6. The van der Waals surface area contributed by atoms with E-state index in [1.54, 1.807) is 6.26 Å². The second kappa shape index (κ2) is 6.35. The first-order chi connectivity index (χ1) is 9.91. The summed E-state index contributed by atoms with van der Waals surface area (Å²) >= 11 is 0. The minimum Gasteiger partial charge on any atom is -0.485 e. The standard InChI is InChI=1S/C18H25NO2/c1-13-10-15(18(2,3)4)6-7-16(13)21-12-17-14(11-19-5)8-9-20-17/h6-10,19H,11-12H2,1-5H3. The number of ether oxygens (including phenoxy) is 1. The lowest BCUT2D eigenvalue weighted by molar-refractivity contribution is 0.266. The van der Waals surface area contributed by atoms with Gasteiger partial charge in [0.05, 0.1) is 6.26 Å². The highest BCUT2D eigenvalue weighted by Gasteiger charge is 2.15. The second-order valence-electron chi connectivity index (χ2n) is 6.42. The molecule has 0 saturated heterocycles. The van der Waals surface area contributed by atoms with Crippen LogP contribution in [0.25, 0.3) is 0 Å². The second-order valence-corrected chi connectivity index (χ2v) is 6.42. The molecule has 3 nitrogen and oxygen atoms in total. The molecule has 0 fully saturated rings. The minimum absolute atomic E-state index is 0.157. The first-order valence-corrected chi connectivity index (χ1v) is 7.35. The van der Waals surface area contributed by atoms with Crippen molar-refractivity contribution in [1.82, 2.24) is 5.32 Å². The number of hydrogen-bond acceptors (Lipinski definition) is 3. The number of rotatable bonds is 5. The molecule has 1 aromatic heterocycles. The van der Waals surface area contributed by atoms with Gasteiger partial charge in [-0.15, -0.1) is 0 Å². The van der Waals surface area contributed by atoms with Crippen LogP contribution >= 0.6 is 0 Å². The van der Waals surface area contributed by atoms with Gasteiger partial charge in [-0.25, -0.2) is 0 Å². The largest absolute Gasteiger partial charge is 0.485 e. The lowest BCUT2D eigenvalue weighted by Crippen LogP contribution is -2.11. The van der Waals surface area contributed by atoms with E-state index in [0.717, 1.165) is 29.2 Å². The van der Waals surface area contributed by atoms with E-state index >= 15 is 0 Å². The van der Waals surface area contributed by atoms with Crippen molar-refractivity contribution in [3.63, 3.8) is 0 Å². The summed E-state index contributed by atoms with van der Waals surface area (Å²) in [5.74, 6) is 1.79. The van der Waals surface area contributed by atoms with Gasteiger partial charge in [-0.1, -0.05) is 32.9 Å². The summed E-state index contributed by atoms with van der Waals surface area (Å²) < 4.78 is 11.4. The number of furan rings is 1. The highest BCUT2D eigenvalue weighted by atomic mass is 16.5. The maximum Gasteiger partial charge on any atom is 0.146 e. The van der Waals surface area contributed by atoms with Crippen LogP contribution in [-0.2, 0) is 18.6 Å². The summed E-state index contributed by atoms with van der Waals surface area (Å²) in [5, 5.41) is 3.13. The van der Waals surface area contributed by atoms with E-state index in [0.29, 0.717) is 6.61 Å². The molecule has 0 atom stereocenters. The van der Waals surface area contributed by atoms with Crippen LogP contribution in [0.4, 0.5) is 0 Å². The molecule has 0 aliphatic carbocycles. The van der Waals surface area contributed by atoms with Crippen LogP contribution in [0.5, 0.6) is 5.75 Å². The number of benzene rings is 1. The predicted molar refractivity (Wildman–Crippen MR) is 85.7 cm³/mol. The van der Waals surface area contributed by atoms with Crippen LogP contribution in [0.3, 0.4) is 0 Å². The summed E-state index contributed by atoms with van der Waals surface area (Å²) in [6, 6.07) is 8.37. The Balaban J connectivity index is 2.08. The quantitative estimate of drug-likeness (QED) is 0.895. The molecule has 0 aliphatic rings. The average Bonchev–Trinajstić information content (AvgIpc) is 2.84. The van der Waals surface area contributed by atoms with E-state index in [1.807, 2.05) is 13.1 Å². The van der Waals surface area contributed by atoms with Crippen molar-refractivity contribution in [2.24, 2.45) is 0 Å². The first-order valence-electron chi connectivity index (χ1n) is 7.35. The van der Waals surface area contributed by atoms with Gasteiger partial charge in [0.1, 0.15) is 18.1 Å². The highest BCUT2D eigenvalue weighted by Crippen LogP contribution is 2.28. The Hall–Kier alpha value is -1.74. The third-order valence-corrected chi connectivity index (χ3v) is 3.60. The summed E-state index contributed by atoms with van der Waals surface area (Å²) in [5.41, 5.74) is 3.77. The van der Waals surface area contributed by atoms with Crippen LogP contribution in [0.1, 0.15) is 43.2 Å². The monoisotopic (exact) mass is 287 g/mol. The Bertz CT molecular complexity index is 594. The molecule has 21 heavy (non-hydrogen) atoms. The smallest absolute Gasteiger partial charge is 0.146 e. The van der Waals surface area contributed by atoms with Gasteiger partial charge in [0.25, 0.3) is 0 Å². The molecule has 1 N–H and O–H groups in total. The SMILES string of the molecule is CNCc1ccoc1COc1ccc(C(C)(C)C)cc1C. The Morgan fingerprint density at radius 2 is 1.95 bits per heavy atom. The van der Waals surface area contributed by atoms with Gasteiger partial charge in [-0.05, 0) is 42.6 Å². The van der Waals surface area contributed by atoms with Crippen molar-refractivity contribution < 1.29 is 9.15 Å². The minimum atomic E-state index is 0.157. The maximum atomic E-state index is 5.91. The Kier molecular flexibility index (Phi) is 4.73. The predicted octanol–water partition coefficient (Wildman–Crippen LogP) is 4.18. The zero-order valence-electron chi connectivity index (χ0n) is 13.6. The Labute approximate surface area is 127 Å². The van der Waals surface area contributed by atoms with Gasteiger partial charge in [-0.3, -0.25) is 0 Å². The topological polar surface area (TPSA) is 34.4 Å². The van der Waals surface area contributed by atoms with Gasteiger partial charge in [0.2, 0.25) is 0 Å². The molecule has 1 aromatic carbocycles. The van der Waals surface area contributed by atoms with Crippen molar-refractivity contribution in [3.05, 3.63) is 53.0 Å². The van der Waals surface area contributed by atoms with Crippen molar-refractivity contribution in [3.8, 4) is 5.75 Å². The Morgan fingerprint density at radius 1 is 1.19 bits per heavy atom. The van der Waals surface area contributed by atoms with Crippen LogP contribution in [-0.4, -0.2) is 7.05 Å².